The molecule has 198 valence electrons. The number of Topliss-reactive ketones (excluding diaryl/α,β-unsaturated/α-hetero) is 1. The molecule has 0 aliphatic carbocycles. The lowest BCUT2D eigenvalue weighted by Gasteiger charge is -2.35. The summed E-state index contributed by atoms with van der Waals surface area (Å²) in [6.07, 6.45) is -1.34. The second kappa shape index (κ2) is 9.11. The van der Waals surface area contributed by atoms with Gasteiger partial charge in [-0.3, -0.25) is 14.4 Å². The number of hydrogen-bond donors (Lipinski definition) is 0. The molecule has 0 saturated carbocycles. The fourth-order valence-electron chi connectivity index (χ4n) is 5.83. The van der Waals surface area contributed by atoms with Gasteiger partial charge in [0.15, 0.2) is 5.78 Å². The summed E-state index contributed by atoms with van der Waals surface area (Å²) in [6.45, 7) is 0. The van der Waals surface area contributed by atoms with Crippen LogP contribution in [0, 0.1) is 11.8 Å². The fourth-order valence-corrected chi connectivity index (χ4v) is 6.56. The van der Waals surface area contributed by atoms with Crippen LogP contribution in [0.2, 0.25) is 15.1 Å². The third-order valence-electron chi connectivity index (χ3n) is 7.44. The minimum absolute atomic E-state index is 0.0787. The number of alkyl halides is 3. The Kier molecular flexibility index (Phi) is 6.06. The predicted octanol–water partition coefficient (Wildman–Crippen LogP) is 7.06. The lowest BCUT2D eigenvalue weighted by atomic mass is 9.83. The number of carbonyl (C=O) groups excluding carboxylic acids is 3. The number of fused-ring (bicyclic) bond motifs is 5. The molecule has 0 spiro atoms. The maximum Gasteiger partial charge on any atom is 0.417 e. The Bertz CT molecular complexity index is 1610. The van der Waals surface area contributed by atoms with E-state index in [0.29, 0.717) is 11.1 Å². The SMILES string of the molecule is O=C(c1ccc(Cl)cc1Cl)C1C2C(=O)N(c3ccc(Cl)c(C(F)(F)F)c3)C(=O)C2C2c3ccccc3C=CN12. The van der Waals surface area contributed by atoms with Crippen LogP contribution in [-0.4, -0.2) is 28.5 Å². The largest absolute Gasteiger partial charge is 0.417 e. The summed E-state index contributed by atoms with van der Waals surface area (Å²) in [4.78, 5) is 44.2. The number of benzene rings is 3. The topological polar surface area (TPSA) is 57.7 Å². The van der Waals surface area contributed by atoms with Crippen LogP contribution < -0.4 is 4.90 Å². The number of amides is 2. The summed E-state index contributed by atoms with van der Waals surface area (Å²) in [7, 11) is 0. The standard InChI is InChI=1S/C28H16Cl3F3N2O3/c29-14-5-7-17(20(31)11-14)25(37)24-22-21(23-16-4-2-1-3-13(16)9-10-35(23)24)26(38)36(27(22)39)15-6-8-19(30)18(12-15)28(32,33)34/h1-12,21-24H. The molecule has 3 aromatic carbocycles. The number of halogens is 6. The van der Waals surface area contributed by atoms with Crippen molar-refractivity contribution in [2.75, 3.05) is 4.90 Å². The molecule has 5 nitrogen and oxygen atoms in total. The average molecular weight is 592 g/mol. The van der Waals surface area contributed by atoms with Crippen LogP contribution in [0.5, 0.6) is 0 Å². The van der Waals surface area contributed by atoms with E-state index in [1.54, 1.807) is 29.3 Å². The zero-order valence-corrected chi connectivity index (χ0v) is 21.9. The summed E-state index contributed by atoms with van der Waals surface area (Å²) >= 11 is 18.1. The molecule has 39 heavy (non-hydrogen) atoms. The Morgan fingerprint density at radius 1 is 0.846 bits per heavy atom. The number of ketones is 1. The molecule has 4 unspecified atom stereocenters. The monoisotopic (exact) mass is 590 g/mol. The summed E-state index contributed by atoms with van der Waals surface area (Å²) in [5.74, 6) is -4.19. The molecular formula is C28H16Cl3F3N2O3. The third kappa shape index (κ3) is 3.96. The predicted molar refractivity (Wildman–Crippen MR) is 141 cm³/mol. The van der Waals surface area contributed by atoms with Crippen molar-refractivity contribution in [3.8, 4) is 0 Å². The van der Waals surface area contributed by atoms with Crippen LogP contribution >= 0.6 is 34.8 Å². The van der Waals surface area contributed by atoms with E-state index in [1.165, 1.54) is 24.3 Å². The van der Waals surface area contributed by atoms with Crippen molar-refractivity contribution < 1.29 is 27.6 Å². The van der Waals surface area contributed by atoms with E-state index in [1.807, 2.05) is 12.1 Å². The molecule has 0 radical (unpaired) electrons. The fraction of sp³-hybridized carbons (Fsp3) is 0.179. The van der Waals surface area contributed by atoms with Crippen LogP contribution in [-0.2, 0) is 15.8 Å². The van der Waals surface area contributed by atoms with Crippen molar-refractivity contribution in [1.29, 1.82) is 0 Å². The van der Waals surface area contributed by atoms with Crippen LogP contribution in [0.25, 0.3) is 6.08 Å². The van der Waals surface area contributed by atoms with Crippen molar-refractivity contribution in [1.82, 2.24) is 4.90 Å². The van der Waals surface area contributed by atoms with Gasteiger partial charge in [-0.2, -0.15) is 13.2 Å². The van der Waals surface area contributed by atoms with Gasteiger partial charge in [-0.15, -0.1) is 0 Å². The van der Waals surface area contributed by atoms with Gasteiger partial charge in [0.05, 0.1) is 39.2 Å². The zero-order chi connectivity index (χ0) is 27.8. The average Bonchev–Trinajstić information content (AvgIpc) is 3.36. The van der Waals surface area contributed by atoms with Gasteiger partial charge >= 0.3 is 6.18 Å². The van der Waals surface area contributed by atoms with Crippen molar-refractivity contribution in [2.24, 2.45) is 11.8 Å². The highest BCUT2D eigenvalue weighted by molar-refractivity contribution is 6.37. The van der Waals surface area contributed by atoms with Gasteiger partial charge in [-0.05, 0) is 53.6 Å². The molecule has 0 bridgehead atoms. The van der Waals surface area contributed by atoms with Gasteiger partial charge in [0.25, 0.3) is 0 Å². The molecule has 0 N–H and O–H groups in total. The van der Waals surface area contributed by atoms with E-state index >= 15 is 0 Å². The van der Waals surface area contributed by atoms with Crippen molar-refractivity contribution in [3.63, 3.8) is 0 Å². The quantitative estimate of drug-likeness (QED) is 0.242. The van der Waals surface area contributed by atoms with E-state index in [-0.39, 0.29) is 16.3 Å². The number of nitrogens with zero attached hydrogens (tertiary/aromatic N) is 2. The number of carbonyl (C=O) groups is 3. The van der Waals surface area contributed by atoms with E-state index < -0.39 is 58.3 Å². The third-order valence-corrected chi connectivity index (χ3v) is 8.32. The Labute approximate surface area is 235 Å². The molecule has 3 heterocycles. The zero-order valence-electron chi connectivity index (χ0n) is 19.6. The summed E-state index contributed by atoms with van der Waals surface area (Å²) in [5.41, 5.74) is 0.204. The minimum atomic E-state index is -4.80. The number of imide groups is 1. The Hall–Kier alpha value is -3.33. The Morgan fingerprint density at radius 3 is 2.28 bits per heavy atom. The molecule has 2 saturated heterocycles. The molecule has 3 aromatic rings. The molecule has 4 atom stereocenters. The maximum absolute atomic E-state index is 14.0. The Morgan fingerprint density at radius 2 is 1.56 bits per heavy atom. The molecule has 3 aliphatic heterocycles. The highest BCUT2D eigenvalue weighted by Crippen LogP contribution is 2.54. The van der Waals surface area contributed by atoms with Crippen molar-refractivity contribution in [3.05, 3.63) is 104 Å². The first-order valence-corrected chi connectivity index (χ1v) is 12.9. The molecule has 2 fully saturated rings. The lowest BCUT2D eigenvalue weighted by molar-refractivity contribution is -0.137. The molecule has 2 amide bonds. The molecule has 0 aromatic heterocycles. The van der Waals surface area contributed by atoms with Gasteiger partial charge in [-0.1, -0.05) is 59.1 Å². The van der Waals surface area contributed by atoms with E-state index in [2.05, 4.69) is 0 Å². The van der Waals surface area contributed by atoms with Gasteiger partial charge in [0.2, 0.25) is 11.8 Å². The normalized spacial score (nSPS) is 23.6. The van der Waals surface area contributed by atoms with E-state index in [0.717, 1.165) is 22.1 Å². The van der Waals surface area contributed by atoms with Gasteiger partial charge < -0.3 is 4.90 Å². The molecule has 11 heteroatoms. The highest BCUT2D eigenvalue weighted by atomic mass is 35.5. The first kappa shape index (κ1) is 25.9. The van der Waals surface area contributed by atoms with Crippen LogP contribution in [0.1, 0.15) is 33.1 Å². The number of rotatable bonds is 3. The van der Waals surface area contributed by atoms with Crippen LogP contribution in [0.4, 0.5) is 18.9 Å². The van der Waals surface area contributed by atoms with Crippen molar-refractivity contribution in [2.45, 2.75) is 18.3 Å². The summed E-state index contributed by atoms with van der Waals surface area (Å²) < 4.78 is 40.8. The van der Waals surface area contributed by atoms with Crippen molar-refractivity contribution >= 4 is 64.2 Å². The number of hydrogen-bond acceptors (Lipinski definition) is 4. The first-order chi connectivity index (χ1) is 18.5. The van der Waals surface area contributed by atoms with Crippen LogP contribution in [0.3, 0.4) is 0 Å². The lowest BCUT2D eigenvalue weighted by Crippen LogP contribution is -2.44. The van der Waals surface area contributed by atoms with Gasteiger partial charge in [-0.25, -0.2) is 4.90 Å². The van der Waals surface area contributed by atoms with Gasteiger partial charge in [0, 0.05) is 16.8 Å². The Balaban J connectivity index is 1.50. The maximum atomic E-state index is 14.0. The molecule has 6 rings (SSSR count). The van der Waals surface area contributed by atoms with E-state index in [9.17, 15) is 27.6 Å². The highest BCUT2D eigenvalue weighted by Gasteiger charge is 2.64. The summed E-state index contributed by atoms with van der Waals surface area (Å²) in [6, 6.07) is 12.6. The van der Waals surface area contributed by atoms with E-state index in [4.69, 9.17) is 34.8 Å². The second-order valence-corrected chi connectivity index (χ2v) is 10.7. The molecule has 3 aliphatic rings. The summed E-state index contributed by atoms with van der Waals surface area (Å²) in [5, 5.41) is -0.171. The smallest absolute Gasteiger partial charge is 0.358 e. The number of anilines is 1. The molecular weight excluding hydrogens is 576 g/mol. The van der Waals surface area contributed by atoms with Crippen LogP contribution in [0.15, 0.2) is 66.9 Å². The first-order valence-electron chi connectivity index (χ1n) is 11.8. The minimum Gasteiger partial charge on any atom is -0.358 e. The second-order valence-electron chi connectivity index (χ2n) is 9.50. The van der Waals surface area contributed by atoms with Gasteiger partial charge in [0.1, 0.15) is 6.04 Å².